The molecule has 0 saturated carbocycles. The van der Waals surface area contributed by atoms with Crippen LogP contribution in [0.25, 0.3) is 0 Å². The Morgan fingerprint density at radius 3 is 2.66 bits per heavy atom. The molecular formula is C33H37ClN2O5. The number of benzene rings is 3. The van der Waals surface area contributed by atoms with Crippen LogP contribution in [0.3, 0.4) is 0 Å². The third-order valence-corrected chi connectivity index (χ3v) is 8.05. The molecule has 2 aliphatic heterocycles. The van der Waals surface area contributed by atoms with Crippen molar-refractivity contribution in [1.29, 1.82) is 0 Å². The second-order valence-electron chi connectivity index (χ2n) is 10.8. The standard InChI is InChI=1S/C33H37ClN2O5/c1-25-14-15-28(34)30(21-25)40-23-31(37)36-18-20-41-33(24-36)16-8-7-12-27-11-5-6-13-29(27)39-19-17-35(32(33)38)22-26-9-3-2-4-10-26/h2-6,9-11,13-15,21H,7-8,12,16-20,22-24H2,1H3. The van der Waals surface area contributed by atoms with Gasteiger partial charge < -0.3 is 24.0 Å². The van der Waals surface area contributed by atoms with Crippen LogP contribution < -0.4 is 9.47 Å². The van der Waals surface area contributed by atoms with Gasteiger partial charge in [-0.25, -0.2) is 0 Å². The molecule has 1 saturated heterocycles. The molecule has 0 radical (unpaired) electrons. The number of hydrogen-bond donors (Lipinski definition) is 0. The number of carbonyl (C=O) groups is 2. The van der Waals surface area contributed by atoms with Gasteiger partial charge in [0.1, 0.15) is 18.1 Å². The summed E-state index contributed by atoms with van der Waals surface area (Å²) in [6.07, 6.45) is 3.02. The Bertz CT molecular complexity index is 1350. The molecule has 2 amide bonds. The largest absolute Gasteiger partial charge is 0.491 e. The number of halogens is 1. The van der Waals surface area contributed by atoms with Crippen LogP contribution in [0.4, 0.5) is 0 Å². The summed E-state index contributed by atoms with van der Waals surface area (Å²) in [6.45, 7) is 3.82. The van der Waals surface area contributed by atoms with Gasteiger partial charge in [0, 0.05) is 13.1 Å². The van der Waals surface area contributed by atoms with Crippen LogP contribution in [-0.4, -0.2) is 66.7 Å². The number of carbonyl (C=O) groups excluding carboxylic acids is 2. The summed E-state index contributed by atoms with van der Waals surface area (Å²) < 4.78 is 18.3. The zero-order valence-corrected chi connectivity index (χ0v) is 24.3. The van der Waals surface area contributed by atoms with Crippen LogP contribution in [0.2, 0.25) is 5.02 Å². The van der Waals surface area contributed by atoms with Crippen molar-refractivity contribution < 1.29 is 23.8 Å². The first kappa shape index (κ1) is 29.0. The first-order valence-electron chi connectivity index (χ1n) is 14.3. The van der Waals surface area contributed by atoms with Gasteiger partial charge in [0.05, 0.1) is 24.7 Å². The summed E-state index contributed by atoms with van der Waals surface area (Å²) >= 11 is 6.27. The van der Waals surface area contributed by atoms with Crippen molar-refractivity contribution in [2.45, 2.75) is 44.8 Å². The summed E-state index contributed by atoms with van der Waals surface area (Å²) in [5, 5.41) is 0.455. The fourth-order valence-electron chi connectivity index (χ4n) is 5.52. The number of ether oxygens (including phenoxy) is 3. The molecule has 1 unspecified atom stereocenters. The number of hydrogen-bond acceptors (Lipinski definition) is 5. The van der Waals surface area contributed by atoms with E-state index in [0.717, 1.165) is 41.7 Å². The van der Waals surface area contributed by atoms with Gasteiger partial charge in [-0.05, 0) is 67.5 Å². The molecule has 1 atom stereocenters. The Balaban J connectivity index is 1.36. The zero-order chi connectivity index (χ0) is 28.7. The second-order valence-corrected chi connectivity index (χ2v) is 11.2. The van der Waals surface area contributed by atoms with Gasteiger partial charge in [-0.2, -0.15) is 0 Å². The molecule has 216 valence electrons. The highest BCUT2D eigenvalue weighted by atomic mass is 35.5. The molecule has 0 bridgehead atoms. The monoisotopic (exact) mass is 576 g/mol. The first-order chi connectivity index (χ1) is 19.9. The van der Waals surface area contributed by atoms with Gasteiger partial charge in [0.2, 0.25) is 0 Å². The van der Waals surface area contributed by atoms with E-state index in [2.05, 4.69) is 6.07 Å². The van der Waals surface area contributed by atoms with E-state index in [4.69, 9.17) is 25.8 Å². The molecule has 0 N–H and O–H groups in total. The van der Waals surface area contributed by atoms with Gasteiger partial charge in [-0.15, -0.1) is 0 Å². The Morgan fingerprint density at radius 2 is 1.80 bits per heavy atom. The number of morpholine rings is 1. The smallest absolute Gasteiger partial charge is 0.260 e. The average Bonchev–Trinajstić information content (AvgIpc) is 2.99. The Hall–Kier alpha value is -3.55. The fraction of sp³-hybridized carbons (Fsp3) is 0.394. The van der Waals surface area contributed by atoms with Crippen molar-refractivity contribution >= 4 is 23.4 Å². The SMILES string of the molecule is Cc1ccc(Cl)c(OCC(=O)N2CCOC3(CCCCc4ccccc4OCCN(Cc4ccccc4)C3=O)C2)c1. The highest BCUT2D eigenvalue weighted by molar-refractivity contribution is 6.32. The molecule has 8 heteroatoms. The molecule has 1 spiro atoms. The fourth-order valence-corrected chi connectivity index (χ4v) is 5.70. The predicted molar refractivity (Wildman–Crippen MR) is 158 cm³/mol. The summed E-state index contributed by atoms with van der Waals surface area (Å²) in [6, 6.07) is 23.5. The van der Waals surface area contributed by atoms with E-state index < -0.39 is 5.60 Å². The minimum absolute atomic E-state index is 0.112. The molecule has 3 aromatic rings. The van der Waals surface area contributed by atoms with Crippen molar-refractivity contribution in [1.82, 2.24) is 9.80 Å². The maximum Gasteiger partial charge on any atom is 0.260 e. The van der Waals surface area contributed by atoms with Crippen molar-refractivity contribution in [3.8, 4) is 11.5 Å². The number of fused-ring (bicyclic) bond motifs is 1. The third-order valence-electron chi connectivity index (χ3n) is 7.74. The quantitative estimate of drug-likeness (QED) is 0.403. The summed E-state index contributed by atoms with van der Waals surface area (Å²) in [5.41, 5.74) is 2.04. The van der Waals surface area contributed by atoms with Crippen molar-refractivity contribution in [2.75, 3.05) is 39.5 Å². The summed E-state index contributed by atoms with van der Waals surface area (Å²) in [4.78, 5) is 31.2. The molecule has 2 heterocycles. The van der Waals surface area contributed by atoms with Crippen molar-refractivity contribution in [3.05, 3.63) is 94.5 Å². The second kappa shape index (κ2) is 13.4. The summed E-state index contributed by atoms with van der Waals surface area (Å²) in [7, 11) is 0. The van der Waals surface area contributed by atoms with Crippen LogP contribution in [0.1, 0.15) is 36.0 Å². The highest BCUT2D eigenvalue weighted by Crippen LogP contribution is 2.31. The van der Waals surface area contributed by atoms with E-state index >= 15 is 0 Å². The summed E-state index contributed by atoms with van der Waals surface area (Å²) in [5.74, 6) is 1.03. The number of rotatable bonds is 5. The van der Waals surface area contributed by atoms with Crippen LogP contribution in [0, 0.1) is 6.92 Å². The van der Waals surface area contributed by atoms with Gasteiger partial charge >= 0.3 is 0 Å². The lowest BCUT2D eigenvalue weighted by atomic mass is 9.90. The molecule has 0 aliphatic carbocycles. The molecular weight excluding hydrogens is 540 g/mol. The van der Waals surface area contributed by atoms with Crippen molar-refractivity contribution in [2.24, 2.45) is 0 Å². The van der Waals surface area contributed by atoms with E-state index in [1.165, 1.54) is 0 Å². The lowest BCUT2D eigenvalue weighted by Crippen LogP contribution is -2.62. The molecule has 2 aliphatic rings. The third kappa shape index (κ3) is 7.21. The van der Waals surface area contributed by atoms with Gasteiger partial charge in [-0.3, -0.25) is 9.59 Å². The van der Waals surface area contributed by atoms with Crippen LogP contribution in [0.15, 0.2) is 72.8 Å². The maximum atomic E-state index is 14.4. The topological polar surface area (TPSA) is 68.3 Å². The maximum absolute atomic E-state index is 14.4. The first-order valence-corrected chi connectivity index (χ1v) is 14.7. The normalized spacial score (nSPS) is 20.0. The predicted octanol–water partition coefficient (Wildman–Crippen LogP) is 5.46. The molecule has 1 fully saturated rings. The van der Waals surface area contributed by atoms with Gasteiger partial charge in [0.25, 0.3) is 11.8 Å². The lowest BCUT2D eigenvalue weighted by Gasteiger charge is -2.44. The van der Waals surface area contributed by atoms with Crippen LogP contribution >= 0.6 is 11.6 Å². The van der Waals surface area contributed by atoms with E-state index in [9.17, 15) is 9.59 Å². The highest BCUT2D eigenvalue weighted by Gasteiger charge is 2.46. The van der Waals surface area contributed by atoms with Crippen LogP contribution in [0.5, 0.6) is 11.5 Å². The number of nitrogens with zero attached hydrogens (tertiary/aromatic N) is 2. The Labute approximate surface area is 246 Å². The minimum atomic E-state index is -1.14. The molecule has 5 rings (SSSR count). The zero-order valence-electron chi connectivity index (χ0n) is 23.5. The van der Waals surface area contributed by atoms with Gasteiger partial charge in [0.15, 0.2) is 12.2 Å². The molecule has 7 nitrogen and oxygen atoms in total. The average molecular weight is 577 g/mol. The molecule has 3 aromatic carbocycles. The number of para-hydroxylation sites is 1. The van der Waals surface area contributed by atoms with E-state index in [-0.39, 0.29) is 31.6 Å². The van der Waals surface area contributed by atoms with Crippen LogP contribution in [-0.2, 0) is 27.3 Å². The number of amides is 2. The molecule has 0 aromatic heterocycles. The van der Waals surface area contributed by atoms with Gasteiger partial charge in [-0.1, -0.05) is 66.2 Å². The van der Waals surface area contributed by atoms with Crippen molar-refractivity contribution in [3.63, 3.8) is 0 Å². The van der Waals surface area contributed by atoms with E-state index in [1.54, 1.807) is 11.0 Å². The number of aryl methyl sites for hydroxylation is 2. The Morgan fingerprint density at radius 1 is 1.00 bits per heavy atom. The molecule has 41 heavy (non-hydrogen) atoms. The lowest BCUT2D eigenvalue weighted by molar-refractivity contribution is -0.177. The Kier molecular flexibility index (Phi) is 9.47. The van der Waals surface area contributed by atoms with E-state index in [1.807, 2.05) is 72.5 Å². The van der Waals surface area contributed by atoms with E-state index in [0.29, 0.717) is 43.4 Å². The minimum Gasteiger partial charge on any atom is -0.491 e.